The third kappa shape index (κ3) is 7.89. The summed E-state index contributed by atoms with van der Waals surface area (Å²) >= 11 is 3.94. The monoisotopic (exact) mass is 292 g/mol. The van der Waals surface area contributed by atoms with Gasteiger partial charge in [0.05, 0.1) is 6.61 Å². The van der Waals surface area contributed by atoms with Crippen molar-refractivity contribution in [2.24, 2.45) is 0 Å². The van der Waals surface area contributed by atoms with E-state index >= 15 is 0 Å². The van der Waals surface area contributed by atoms with Crippen LogP contribution in [0.4, 0.5) is 0 Å². The lowest BCUT2D eigenvalue weighted by Crippen LogP contribution is -2.47. The highest BCUT2D eigenvalue weighted by atomic mass is 32.2. The third-order valence-electron chi connectivity index (χ3n) is 3.15. The molecule has 0 amide bonds. The lowest BCUT2D eigenvalue weighted by atomic mass is 10.3. The molecule has 3 nitrogen and oxygen atoms in total. The Morgan fingerprint density at radius 1 is 0.833 bits per heavy atom. The van der Waals surface area contributed by atoms with Crippen molar-refractivity contribution in [2.45, 2.75) is 13.3 Å². The summed E-state index contributed by atoms with van der Waals surface area (Å²) in [5, 5.41) is 8.72. The van der Waals surface area contributed by atoms with Crippen LogP contribution in [0.25, 0.3) is 0 Å². The summed E-state index contributed by atoms with van der Waals surface area (Å²) in [5.74, 6) is 4.64. The molecule has 0 aromatic heterocycles. The predicted molar refractivity (Wildman–Crippen MR) is 84.9 cm³/mol. The van der Waals surface area contributed by atoms with E-state index in [1.165, 1.54) is 57.2 Å². The van der Waals surface area contributed by atoms with Gasteiger partial charge in [-0.05, 0) is 12.2 Å². The summed E-state index contributed by atoms with van der Waals surface area (Å²) in [6, 6.07) is 0. The maximum absolute atomic E-state index is 8.72. The molecule has 0 unspecified atom stereocenters. The molecule has 1 saturated heterocycles. The Balaban J connectivity index is 1.95. The lowest BCUT2D eigenvalue weighted by Gasteiger charge is -2.34. The van der Waals surface area contributed by atoms with Crippen LogP contribution in [0.15, 0.2) is 0 Å². The number of hydrogen-bond donors (Lipinski definition) is 1. The van der Waals surface area contributed by atoms with Crippen LogP contribution in [0.3, 0.4) is 0 Å². The van der Waals surface area contributed by atoms with Crippen molar-refractivity contribution in [3.8, 4) is 0 Å². The number of rotatable bonds is 10. The van der Waals surface area contributed by atoms with E-state index < -0.39 is 0 Å². The summed E-state index contributed by atoms with van der Waals surface area (Å²) in [6.45, 7) is 9.92. The summed E-state index contributed by atoms with van der Waals surface area (Å²) in [5.41, 5.74) is 0. The molecule has 18 heavy (non-hydrogen) atoms. The Labute approximate surface area is 121 Å². The van der Waals surface area contributed by atoms with E-state index in [1.54, 1.807) is 0 Å². The number of piperazine rings is 1. The topological polar surface area (TPSA) is 26.7 Å². The summed E-state index contributed by atoms with van der Waals surface area (Å²) in [6.07, 6.45) is 1.30. The van der Waals surface area contributed by atoms with E-state index in [0.717, 1.165) is 11.5 Å². The molecule has 0 aromatic rings. The van der Waals surface area contributed by atoms with E-state index in [1.807, 2.05) is 11.8 Å². The summed E-state index contributed by atoms with van der Waals surface area (Å²) < 4.78 is 0. The fourth-order valence-corrected chi connectivity index (χ4v) is 3.64. The van der Waals surface area contributed by atoms with E-state index in [2.05, 4.69) is 28.5 Å². The van der Waals surface area contributed by atoms with Crippen LogP contribution < -0.4 is 0 Å². The fraction of sp³-hybridized carbons (Fsp3) is 1.00. The first-order valence-electron chi connectivity index (χ1n) is 7.08. The first kappa shape index (κ1) is 16.6. The van der Waals surface area contributed by atoms with Crippen molar-refractivity contribution in [2.75, 3.05) is 68.9 Å². The quantitative estimate of drug-likeness (QED) is 0.615. The van der Waals surface area contributed by atoms with Crippen LogP contribution in [0.1, 0.15) is 13.3 Å². The summed E-state index contributed by atoms with van der Waals surface area (Å²) in [4.78, 5) is 5.15. The summed E-state index contributed by atoms with van der Waals surface area (Å²) in [7, 11) is 0. The Hall–Kier alpha value is 0.580. The minimum Gasteiger partial charge on any atom is -0.396 e. The van der Waals surface area contributed by atoms with Crippen LogP contribution in [-0.2, 0) is 0 Å². The second-order valence-corrected chi connectivity index (χ2v) is 7.08. The Kier molecular flexibility index (Phi) is 10.5. The number of nitrogens with zero attached hydrogens (tertiary/aromatic N) is 2. The molecule has 1 N–H and O–H groups in total. The Morgan fingerprint density at radius 3 is 1.78 bits per heavy atom. The molecule has 1 aliphatic heterocycles. The fourth-order valence-electron chi connectivity index (χ4n) is 2.04. The maximum Gasteiger partial charge on any atom is 0.0521 e. The molecule has 0 aromatic carbocycles. The third-order valence-corrected chi connectivity index (χ3v) is 5.26. The van der Waals surface area contributed by atoms with Gasteiger partial charge in [0.1, 0.15) is 0 Å². The van der Waals surface area contributed by atoms with Gasteiger partial charge in [-0.2, -0.15) is 23.5 Å². The molecular formula is C13H28N2OS2. The minimum atomic E-state index is 0.313. The van der Waals surface area contributed by atoms with Crippen LogP contribution in [-0.4, -0.2) is 83.8 Å². The second-order valence-electron chi connectivity index (χ2n) is 4.63. The largest absolute Gasteiger partial charge is 0.396 e. The van der Waals surface area contributed by atoms with Gasteiger partial charge in [-0.1, -0.05) is 6.92 Å². The van der Waals surface area contributed by atoms with Crippen molar-refractivity contribution in [1.82, 2.24) is 9.80 Å². The zero-order chi connectivity index (χ0) is 13.1. The van der Waals surface area contributed by atoms with Crippen molar-refractivity contribution in [3.05, 3.63) is 0 Å². The predicted octanol–water partition coefficient (Wildman–Crippen LogP) is 1.47. The van der Waals surface area contributed by atoms with Crippen molar-refractivity contribution in [3.63, 3.8) is 0 Å². The van der Waals surface area contributed by atoms with E-state index in [-0.39, 0.29) is 0 Å². The van der Waals surface area contributed by atoms with E-state index in [4.69, 9.17) is 5.11 Å². The molecule has 1 heterocycles. The maximum atomic E-state index is 8.72. The van der Waals surface area contributed by atoms with E-state index in [9.17, 15) is 0 Å². The highest BCUT2D eigenvalue weighted by molar-refractivity contribution is 7.99. The molecule has 0 atom stereocenters. The molecule has 0 radical (unpaired) electrons. The first-order chi connectivity index (χ1) is 8.86. The number of aliphatic hydroxyl groups is 1. The molecular weight excluding hydrogens is 264 g/mol. The van der Waals surface area contributed by atoms with E-state index in [0.29, 0.717) is 6.61 Å². The average molecular weight is 293 g/mol. The second kappa shape index (κ2) is 11.4. The van der Waals surface area contributed by atoms with Gasteiger partial charge in [0.25, 0.3) is 0 Å². The Morgan fingerprint density at radius 2 is 1.33 bits per heavy atom. The standard InChI is InChI=1S/C13H28N2OS2/c1-2-10-17-11-7-14-3-5-15(6-4-14)8-12-18-13-9-16/h16H,2-13H2,1H3. The molecule has 5 heteroatoms. The molecule has 0 spiro atoms. The van der Waals surface area contributed by atoms with Crippen molar-refractivity contribution >= 4 is 23.5 Å². The molecule has 108 valence electrons. The van der Waals surface area contributed by atoms with Crippen LogP contribution in [0, 0.1) is 0 Å². The van der Waals surface area contributed by atoms with Gasteiger partial charge < -0.3 is 5.11 Å². The molecule has 1 rings (SSSR count). The molecule has 1 aliphatic rings. The Bertz CT molecular complexity index is 168. The number of aliphatic hydroxyl groups excluding tert-OH is 1. The van der Waals surface area contributed by atoms with Crippen LogP contribution in [0.2, 0.25) is 0 Å². The molecule has 0 bridgehead atoms. The van der Waals surface area contributed by atoms with Crippen LogP contribution in [0.5, 0.6) is 0 Å². The molecule has 1 fully saturated rings. The van der Waals surface area contributed by atoms with Gasteiger partial charge in [-0.15, -0.1) is 0 Å². The normalized spacial score (nSPS) is 18.3. The molecule has 0 aliphatic carbocycles. The van der Waals surface area contributed by atoms with Crippen LogP contribution >= 0.6 is 23.5 Å². The number of thioether (sulfide) groups is 2. The highest BCUT2D eigenvalue weighted by Crippen LogP contribution is 2.07. The average Bonchev–Trinajstić information content (AvgIpc) is 2.41. The van der Waals surface area contributed by atoms with Gasteiger partial charge >= 0.3 is 0 Å². The smallest absolute Gasteiger partial charge is 0.0521 e. The minimum absolute atomic E-state index is 0.313. The molecule has 0 saturated carbocycles. The lowest BCUT2D eigenvalue weighted by molar-refractivity contribution is 0.144. The zero-order valence-corrected chi connectivity index (χ0v) is 13.3. The van der Waals surface area contributed by atoms with Crippen molar-refractivity contribution in [1.29, 1.82) is 0 Å². The highest BCUT2D eigenvalue weighted by Gasteiger charge is 2.15. The SMILES string of the molecule is CCCSCCN1CCN(CCSCCO)CC1. The van der Waals surface area contributed by atoms with Gasteiger partial charge in [0, 0.05) is 56.5 Å². The first-order valence-corrected chi connectivity index (χ1v) is 9.38. The van der Waals surface area contributed by atoms with Gasteiger partial charge in [0.15, 0.2) is 0 Å². The van der Waals surface area contributed by atoms with Crippen molar-refractivity contribution < 1.29 is 5.11 Å². The van der Waals surface area contributed by atoms with Gasteiger partial charge in [0.2, 0.25) is 0 Å². The number of hydrogen-bond acceptors (Lipinski definition) is 5. The zero-order valence-electron chi connectivity index (χ0n) is 11.6. The van der Waals surface area contributed by atoms with Gasteiger partial charge in [-0.3, -0.25) is 9.80 Å². The van der Waals surface area contributed by atoms with Gasteiger partial charge in [-0.25, -0.2) is 0 Å².